The van der Waals surface area contributed by atoms with Gasteiger partial charge >= 0.3 is 12.1 Å². The van der Waals surface area contributed by atoms with Gasteiger partial charge in [-0.1, -0.05) is 19.6 Å². The number of rotatable bonds is 7. The van der Waals surface area contributed by atoms with Crippen LogP contribution < -0.4 is 4.90 Å². The number of anilines is 1. The molecule has 0 spiro atoms. The third-order valence-corrected chi connectivity index (χ3v) is 7.55. The quantitative estimate of drug-likeness (QED) is 0.439. The summed E-state index contributed by atoms with van der Waals surface area (Å²) in [7, 11) is -1.22. The zero-order chi connectivity index (χ0) is 26.2. The Morgan fingerprint density at radius 1 is 1.20 bits per heavy atom. The number of amides is 1. The third kappa shape index (κ3) is 6.72. The molecule has 1 aliphatic rings. The van der Waals surface area contributed by atoms with Gasteiger partial charge in [0.15, 0.2) is 5.65 Å². The van der Waals surface area contributed by atoms with E-state index in [0.29, 0.717) is 43.2 Å². The van der Waals surface area contributed by atoms with Crippen LogP contribution in [0.15, 0.2) is 12.4 Å². The number of carbonyl (C=O) groups is 2. The van der Waals surface area contributed by atoms with E-state index in [9.17, 15) is 14.7 Å². The summed E-state index contributed by atoms with van der Waals surface area (Å²) in [5.74, 6) is -0.480. The summed E-state index contributed by atoms with van der Waals surface area (Å²) < 4.78 is 13.1. The predicted molar refractivity (Wildman–Crippen MR) is 138 cm³/mol. The Balaban J connectivity index is 1.80. The number of hydrogen-bond donors (Lipinski definition) is 1. The van der Waals surface area contributed by atoms with E-state index in [4.69, 9.17) is 9.47 Å². The lowest BCUT2D eigenvalue weighted by molar-refractivity contribution is 0.000288. The second kappa shape index (κ2) is 9.77. The van der Waals surface area contributed by atoms with Crippen LogP contribution in [0.2, 0.25) is 25.7 Å². The minimum Gasteiger partial charge on any atom is -0.478 e. The molecule has 10 nitrogen and oxygen atoms in total. The normalized spacial score (nSPS) is 16.6. The molecule has 0 aromatic carbocycles. The Morgan fingerprint density at radius 2 is 1.89 bits per heavy atom. The molecule has 1 aliphatic heterocycles. The van der Waals surface area contributed by atoms with E-state index in [1.54, 1.807) is 15.7 Å². The Hall–Kier alpha value is -2.66. The van der Waals surface area contributed by atoms with E-state index >= 15 is 0 Å². The van der Waals surface area contributed by atoms with Crippen LogP contribution in [0.4, 0.5) is 10.6 Å². The van der Waals surface area contributed by atoms with Crippen molar-refractivity contribution in [2.24, 2.45) is 0 Å². The highest BCUT2D eigenvalue weighted by molar-refractivity contribution is 6.76. The maximum absolute atomic E-state index is 12.7. The second-order valence-electron chi connectivity index (χ2n) is 11.9. The first-order valence-electron chi connectivity index (χ1n) is 12.0. The van der Waals surface area contributed by atoms with Crippen molar-refractivity contribution < 1.29 is 24.2 Å². The van der Waals surface area contributed by atoms with Crippen LogP contribution in [-0.2, 0) is 16.2 Å². The summed E-state index contributed by atoms with van der Waals surface area (Å²) in [6.45, 7) is 18.7. The van der Waals surface area contributed by atoms with Crippen molar-refractivity contribution in [2.75, 3.05) is 31.1 Å². The van der Waals surface area contributed by atoms with E-state index in [1.807, 2.05) is 39.5 Å². The maximum atomic E-state index is 12.7. The molecule has 2 aromatic rings. The molecular formula is C24H39N5O5Si. The fourth-order valence-electron chi connectivity index (χ4n) is 4.00. The summed E-state index contributed by atoms with van der Waals surface area (Å²) in [6, 6.07) is 1.03. The second-order valence-corrected chi connectivity index (χ2v) is 17.6. The lowest BCUT2D eigenvalue weighted by Gasteiger charge is -2.47. The summed E-state index contributed by atoms with van der Waals surface area (Å²) in [6.07, 6.45) is 2.85. The predicted octanol–water partition coefficient (Wildman–Crippen LogP) is 4.28. The molecule has 0 radical (unpaired) electrons. The first-order chi connectivity index (χ1) is 16.1. The maximum Gasteiger partial charge on any atom is 0.410 e. The Labute approximate surface area is 208 Å². The zero-order valence-electron chi connectivity index (χ0n) is 22.2. The molecule has 11 heteroatoms. The van der Waals surface area contributed by atoms with Crippen molar-refractivity contribution in [1.82, 2.24) is 19.4 Å². The summed E-state index contributed by atoms with van der Waals surface area (Å²) in [5, 5.41) is 9.76. The molecule has 0 atom stereocenters. The van der Waals surface area contributed by atoms with E-state index in [-0.39, 0.29) is 18.4 Å². The van der Waals surface area contributed by atoms with Gasteiger partial charge in [-0.2, -0.15) is 0 Å². The smallest absolute Gasteiger partial charge is 0.410 e. The Kier molecular flexibility index (Phi) is 7.52. The molecule has 0 unspecified atom stereocenters. The molecule has 1 amide bonds. The van der Waals surface area contributed by atoms with E-state index in [0.717, 1.165) is 6.04 Å². The van der Waals surface area contributed by atoms with Gasteiger partial charge in [0.25, 0.3) is 0 Å². The van der Waals surface area contributed by atoms with Crippen molar-refractivity contribution in [3.05, 3.63) is 18.0 Å². The van der Waals surface area contributed by atoms with Gasteiger partial charge in [-0.25, -0.2) is 19.6 Å². The molecule has 1 N–H and O–H groups in total. The number of ether oxygens (including phenoxy) is 2. The van der Waals surface area contributed by atoms with Crippen LogP contribution >= 0.6 is 0 Å². The molecule has 3 rings (SSSR count). The standard InChI is InChI=1S/C24H39N5O5Si/c1-23(2,3)34-22(32)29-10-9-27(15-24(29,4)5)18-13-25-20-19(26-18)17(21(30)31)14-28(20)16-33-11-12-35(6,7)8/h13-14H,9-12,15-16H2,1-8H3,(H,30,31). The average molecular weight is 506 g/mol. The summed E-state index contributed by atoms with van der Waals surface area (Å²) in [4.78, 5) is 37.6. The van der Waals surface area contributed by atoms with E-state index in [2.05, 4.69) is 29.6 Å². The van der Waals surface area contributed by atoms with Gasteiger partial charge in [0.2, 0.25) is 0 Å². The molecule has 0 bridgehead atoms. The minimum absolute atomic E-state index is 0.0924. The number of carbonyl (C=O) groups excluding carboxylic acids is 1. The third-order valence-electron chi connectivity index (χ3n) is 5.85. The van der Waals surface area contributed by atoms with E-state index in [1.165, 1.54) is 6.20 Å². The number of aromatic nitrogens is 3. The van der Waals surface area contributed by atoms with Gasteiger partial charge in [-0.05, 0) is 40.7 Å². The monoisotopic (exact) mass is 505 g/mol. The molecule has 3 heterocycles. The first kappa shape index (κ1) is 26.9. The number of carboxylic acids is 1. The molecule has 2 aromatic heterocycles. The fraction of sp³-hybridized carbons (Fsp3) is 0.667. The topological polar surface area (TPSA) is 110 Å². The Bertz CT molecular complexity index is 1090. The van der Waals surface area contributed by atoms with Crippen LogP contribution in [0.1, 0.15) is 45.0 Å². The molecule has 0 saturated carbocycles. The number of fused-ring (bicyclic) bond motifs is 1. The minimum atomic E-state index is -1.22. The van der Waals surface area contributed by atoms with Gasteiger partial charge < -0.3 is 24.0 Å². The van der Waals surface area contributed by atoms with Crippen molar-refractivity contribution in [2.45, 2.75) is 78.2 Å². The van der Waals surface area contributed by atoms with Crippen molar-refractivity contribution >= 4 is 37.1 Å². The number of piperazine rings is 1. The average Bonchev–Trinajstić information content (AvgIpc) is 3.06. The summed E-state index contributed by atoms with van der Waals surface area (Å²) >= 11 is 0. The van der Waals surface area contributed by atoms with Crippen LogP contribution in [0.5, 0.6) is 0 Å². The lowest BCUT2D eigenvalue weighted by Crippen LogP contribution is -2.62. The molecule has 1 fully saturated rings. The Morgan fingerprint density at radius 3 is 2.46 bits per heavy atom. The van der Waals surface area contributed by atoms with Crippen molar-refractivity contribution in [1.29, 1.82) is 0 Å². The molecule has 0 aliphatic carbocycles. The first-order valence-corrected chi connectivity index (χ1v) is 15.7. The van der Waals surface area contributed by atoms with Crippen LogP contribution in [0.3, 0.4) is 0 Å². The van der Waals surface area contributed by atoms with Gasteiger partial charge in [-0.3, -0.25) is 4.90 Å². The van der Waals surface area contributed by atoms with Gasteiger partial charge in [-0.15, -0.1) is 0 Å². The molecule has 1 saturated heterocycles. The van der Waals surface area contributed by atoms with Crippen LogP contribution in [0, 0.1) is 0 Å². The number of aromatic carboxylic acids is 1. The largest absolute Gasteiger partial charge is 0.478 e. The van der Waals surface area contributed by atoms with Gasteiger partial charge in [0.05, 0.1) is 11.7 Å². The fourth-order valence-corrected chi connectivity index (χ4v) is 4.75. The van der Waals surface area contributed by atoms with Crippen LogP contribution in [-0.4, -0.2) is 82.1 Å². The SMILES string of the molecule is CC(C)(C)OC(=O)N1CCN(c2cnc3c(n2)c(C(=O)O)cn3COCC[Si](C)(C)C)CC1(C)C. The molecule has 35 heavy (non-hydrogen) atoms. The van der Waals surface area contributed by atoms with E-state index < -0.39 is 25.2 Å². The molecular weight excluding hydrogens is 466 g/mol. The highest BCUT2D eigenvalue weighted by atomic mass is 28.3. The summed E-state index contributed by atoms with van der Waals surface area (Å²) in [5.41, 5.74) is -0.181. The highest BCUT2D eigenvalue weighted by Gasteiger charge is 2.39. The number of nitrogens with zero attached hydrogens (tertiary/aromatic N) is 5. The van der Waals surface area contributed by atoms with Crippen LogP contribution in [0.25, 0.3) is 11.2 Å². The highest BCUT2D eigenvalue weighted by Crippen LogP contribution is 2.28. The van der Waals surface area contributed by atoms with Gasteiger partial charge in [0.1, 0.15) is 29.2 Å². The van der Waals surface area contributed by atoms with Crippen molar-refractivity contribution in [3.8, 4) is 0 Å². The van der Waals surface area contributed by atoms with Gasteiger partial charge in [0, 0.05) is 40.5 Å². The van der Waals surface area contributed by atoms with Crippen molar-refractivity contribution in [3.63, 3.8) is 0 Å². The lowest BCUT2D eigenvalue weighted by atomic mass is 9.99. The number of carboxylic acid groups (broad SMARTS) is 1. The number of hydrogen-bond acceptors (Lipinski definition) is 7. The zero-order valence-corrected chi connectivity index (χ0v) is 23.2. The molecule has 194 valence electrons.